The molecule has 0 aliphatic carbocycles. The topological polar surface area (TPSA) is 34.1 Å². The van der Waals surface area contributed by atoms with Crippen molar-refractivity contribution in [3.05, 3.63) is 58.4 Å². The first-order valence-electron chi connectivity index (χ1n) is 7.23. The monoisotopic (exact) mass is 304 g/mol. The van der Waals surface area contributed by atoms with Crippen LogP contribution < -0.4 is 10.1 Å². The molecule has 4 heteroatoms. The summed E-state index contributed by atoms with van der Waals surface area (Å²) in [7, 11) is 0. The van der Waals surface area contributed by atoms with Gasteiger partial charge in [0, 0.05) is 18.3 Å². The van der Waals surface area contributed by atoms with Crippen LogP contribution in [0.5, 0.6) is 5.75 Å². The number of rotatable bonds is 7. The maximum absolute atomic E-state index is 6.28. The van der Waals surface area contributed by atoms with Crippen LogP contribution >= 0.6 is 11.6 Å². The third kappa shape index (κ3) is 4.45. The van der Waals surface area contributed by atoms with Crippen LogP contribution in [0.15, 0.2) is 36.5 Å². The van der Waals surface area contributed by atoms with Crippen LogP contribution in [-0.4, -0.2) is 11.5 Å². The SMILES string of the molecule is CCCNCc1cccc(Cl)c1OCc1ncccc1C. The van der Waals surface area contributed by atoms with Gasteiger partial charge in [-0.1, -0.05) is 36.7 Å². The van der Waals surface area contributed by atoms with Crippen molar-refractivity contribution in [2.45, 2.75) is 33.4 Å². The van der Waals surface area contributed by atoms with Gasteiger partial charge in [0.2, 0.25) is 0 Å². The van der Waals surface area contributed by atoms with Gasteiger partial charge < -0.3 is 10.1 Å². The highest BCUT2D eigenvalue weighted by Gasteiger charge is 2.09. The largest absolute Gasteiger partial charge is 0.485 e. The van der Waals surface area contributed by atoms with Crippen molar-refractivity contribution >= 4 is 11.6 Å². The lowest BCUT2D eigenvalue weighted by molar-refractivity contribution is 0.296. The molecule has 1 aromatic heterocycles. The van der Waals surface area contributed by atoms with Gasteiger partial charge in [-0.3, -0.25) is 4.98 Å². The fourth-order valence-electron chi connectivity index (χ4n) is 2.06. The fraction of sp³-hybridized carbons (Fsp3) is 0.353. The molecule has 0 atom stereocenters. The molecule has 0 aliphatic heterocycles. The van der Waals surface area contributed by atoms with E-state index in [0.717, 1.165) is 42.1 Å². The Kier molecular flexibility index (Phi) is 6.03. The third-order valence-electron chi connectivity index (χ3n) is 3.26. The Morgan fingerprint density at radius 3 is 2.86 bits per heavy atom. The minimum atomic E-state index is 0.428. The summed E-state index contributed by atoms with van der Waals surface area (Å²) in [5.74, 6) is 0.743. The average molecular weight is 305 g/mol. The van der Waals surface area contributed by atoms with E-state index in [9.17, 15) is 0 Å². The lowest BCUT2D eigenvalue weighted by Crippen LogP contribution is -2.15. The molecule has 0 amide bonds. The lowest BCUT2D eigenvalue weighted by atomic mass is 10.2. The number of halogens is 1. The van der Waals surface area contributed by atoms with Crippen LogP contribution in [0.25, 0.3) is 0 Å². The second-order valence-electron chi connectivity index (χ2n) is 4.96. The average Bonchev–Trinajstić information content (AvgIpc) is 2.48. The molecule has 0 radical (unpaired) electrons. The summed E-state index contributed by atoms with van der Waals surface area (Å²) in [4.78, 5) is 4.34. The summed E-state index contributed by atoms with van der Waals surface area (Å²) in [5.41, 5.74) is 3.13. The third-order valence-corrected chi connectivity index (χ3v) is 3.56. The molecule has 1 aromatic carbocycles. The zero-order valence-corrected chi connectivity index (χ0v) is 13.3. The fourth-order valence-corrected chi connectivity index (χ4v) is 2.31. The Bertz CT molecular complexity index is 587. The number of para-hydroxylation sites is 1. The van der Waals surface area contributed by atoms with E-state index in [0.29, 0.717) is 11.6 Å². The molecule has 0 unspecified atom stereocenters. The number of aromatic nitrogens is 1. The molecule has 0 bridgehead atoms. The van der Waals surface area contributed by atoms with Crippen molar-refractivity contribution in [2.75, 3.05) is 6.54 Å². The van der Waals surface area contributed by atoms with Gasteiger partial charge in [0.1, 0.15) is 12.4 Å². The predicted molar refractivity (Wildman–Crippen MR) is 86.8 cm³/mol. The maximum Gasteiger partial charge on any atom is 0.142 e. The Morgan fingerprint density at radius 1 is 1.24 bits per heavy atom. The maximum atomic E-state index is 6.28. The molecule has 1 N–H and O–H groups in total. The normalized spacial score (nSPS) is 10.6. The van der Waals surface area contributed by atoms with Crippen LogP contribution in [0.3, 0.4) is 0 Å². The van der Waals surface area contributed by atoms with Crippen molar-refractivity contribution in [2.24, 2.45) is 0 Å². The number of ether oxygens (including phenoxy) is 1. The Morgan fingerprint density at radius 2 is 2.10 bits per heavy atom. The van der Waals surface area contributed by atoms with E-state index in [1.165, 1.54) is 0 Å². The number of hydrogen-bond acceptors (Lipinski definition) is 3. The van der Waals surface area contributed by atoms with Crippen molar-refractivity contribution in [3.8, 4) is 5.75 Å². The minimum absolute atomic E-state index is 0.428. The summed E-state index contributed by atoms with van der Waals surface area (Å²) in [6.45, 7) is 6.33. The van der Waals surface area contributed by atoms with Crippen LogP contribution in [0.4, 0.5) is 0 Å². The summed E-state index contributed by atoms with van der Waals surface area (Å²) >= 11 is 6.28. The molecule has 0 aliphatic rings. The molecule has 0 saturated heterocycles. The zero-order valence-electron chi connectivity index (χ0n) is 12.5. The molecular formula is C17H21ClN2O. The van der Waals surface area contributed by atoms with Gasteiger partial charge in [-0.25, -0.2) is 0 Å². The zero-order chi connectivity index (χ0) is 15.1. The Labute approximate surface area is 131 Å². The minimum Gasteiger partial charge on any atom is -0.485 e. The van der Waals surface area contributed by atoms with Gasteiger partial charge in [-0.2, -0.15) is 0 Å². The van der Waals surface area contributed by atoms with E-state index >= 15 is 0 Å². The molecule has 2 rings (SSSR count). The summed E-state index contributed by atoms with van der Waals surface area (Å²) < 4.78 is 5.93. The molecule has 3 nitrogen and oxygen atoms in total. The van der Waals surface area contributed by atoms with Gasteiger partial charge in [0.25, 0.3) is 0 Å². The molecule has 21 heavy (non-hydrogen) atoms. The highest BCUT2D eigenvalue weighted by atomic mass is 35.5. The van der Waals surface area contributed by atoms with E-state index < -0.39 is 0 Å². The summed E-state index contributed by atoms with van der Waals surface area (Å²) in [6.07, 6.45) is 2.88. The van der Waals surface area contributed by atoms with Gasteiger partial charge in [0.05, 0.1) is 10.7 Å². The second-order valence-corrected chi connectivity index (χ2v) is 5.37. The number of nitrogens with zero attached hydrogens (tertiary/aromatic N) is 1. The van der Waals surface area contributed by atoms with Crippen molar-refractivity contribution in [1.82, 2.24) is 10.3 Å². The first-order chi connectivity index (χ1) is 10.2. The second kappa shape index (κ2) is 8.01. The van der Waals surface area contributed by atoms with E-state index in [1.54, 1.807) is 6.20 Å². The number of benzene rings is 1. The van der Waals surface area contributed by atoms with Gasteiger partial charge in [0.15, 0.2) is 0 Å². The summed E-state index contributed by atoms with van der Waals surface area (Å²) in [5, 5.41) is 4.01. The standard InChI is InChI=1S/C17H21ClN2O/c1-3-9-19-11-14-7-4-8-15(18)17(14)21-12-16-13(2)6-5-10-20-16/h4-8,10,19H,3,9,11-12H2,1-2H3. The molecule has 2 aromatic rings. The molecule has 0 spiro atoms. The van der Waals surface area contributed by atoms with Crippen molar-refractivity contribution in [1.29, 1.82) is 0 Å². The van der Waals surface area contributed by atoms with Crippen molar-refractivity contribution in [3.63, 3.8) is 0 Å². The van der Waals surface area contributed by atoms with E-state index in [-0.39, 0.29) is 0 Å². The van der Waals surface area contributed by atoms with E-state index in [1.807, 2.05) is 37.3 Å². The highest BCUT2D eigenvalue weighted by Crippen LogP contribution is 2.29. The Balaban J connectivity index is 2.09. The first kappa shape index (κ1) is 15.8. The highest BCUT2D eigenvalue weighted by molar-refractivity contribution is 6.32. The summed E-state index contributed by atoms with van der Waals surface area (Å²) in [6, 6.07) is 9.79. The quantitative estimate of drug-likeness (QED) is 0.781. The van der Waals surface area contributed by atoms with Gasteiger partial charge in [-0.15, -0.1) is 0 Å². The molecule has 1 heterocycles. The van der Waals surface area contributed by atoms with Crippen LogP contribution in [-0.2, 0) is 13.2 Å². The van der Waals surface area contributed by atoms with E-state index in [4.69, 9.17) is 16.3 Å². The first-order valence-corrected chi connectivity index (χ1v) is 7.61. The van der Waals surface area contributed by atoms with Crippen molar-refractivity contribution < 1.29 is 4.74 Å². The Hall–Kier alpha value is -1.58. The van der Waals surface area contributed by atoms with Gasteiger partial charge >= 0.3 is 0 Å². The molecule has 112 valence electrons. The number of nitrogens with one attached hydrogen (secondary N) is 1. The van der Waals surface area contributed by atoms with Crippen LogP contribution in [0.2, 0.25) is 5.02 Å². The lowest BCUT2D eigenvalue weighted by Gasteiger charge is -2.14. The number of aryl methyl sites for hydroxylation is 1. The molecule has 0 fully saturated rings. The number of hydrogen-bond donors (Lipinski definition) is 1. The van der Waals surface area contributed by atoms with Gasteiger partial charge in [-0.05, 0) is 37.6 Å². The smallest absolute Gasteiger partial charge is 0.142 e. The van der Waals surface area contributed by atoms with Crippen LogP contribution in [0.1, 0.15) is 30.2 Å². The predicted octanol–water partition coefficient (Wildman–Crippen LogP) is 4.12. The number of pyridine rings is 1. The molecule has 0 saturated carbocycles. The van der Waals surface area contributed by atoms with E-state index in [2.05, 4.69) is 17.2 Å². The molecular weight excluding hydrogens is 284 g/mol. The van der Waals surface area contributed by atoms with Crippen LogP contribution in [0, 0.1) is 6.92 Å².